The lowest BCUT2D eigenvalue weighted by Crippen LogP contribution is -2.38. The highest BCUT2D eigenvalue weighted by Crippen LogP contribution is 2.23. The number of ether oxygens (including phenoxy) is 2. The first-order chi connectivity index (χ1) is 9.44. The largest absolute Gasteiger partial charge is 0.494 e. The van der Waals surface area contributed by atoms with Gasteiger partial charge < -0.3 is 14.8 Å². The van der Waals surface area contributed by atoms with E-state index in [0.717, 1.165) is 6.42 Å². The zero-order valence-electron chi connectivity index (χ0n) is 12.3. The van der Waals surface area contributed by atoms with Crippen LogP contribution in [0.3, 0.4) is 0 Å². The Morgan fingerprint density at radius 1 is 1.45 bits per heavy atom. The third-order valence-corrected chi connectivity index (χ3v) is 2.89. The predicted molar refractivity (Wildman–Crippen MR) is 76.7 cm³/mol. The Kier molecular flexibility index (Phi) is 5.53. The third kappa shape index (κ3) is 3.97. The molecule has 0 radical (unpaired) electrons. The average Bonchev–Trinajstić information content (AvgIpc) is 2.45. The quantitative estimate of drug-likeness (QED) is 0.867. The second-order valence-electron chi connectivity index (χ2n) is 4.84. The molecular formula is C15H20N2O3. The molecule has 1 amide bonds. The number of carbonyl (C=O) groups is 1. The van der Waals surface area contributed by atoms with Crippen LogP contribution in [0.4, 0.5) is 5.69 Å². The van der Waals surface area contributed by atoms with Crippen molar-refractivity contribution in [2.75, 3.05) is 19.0 Å². The van der Waals surface area contributed by atoms with Gasteiger partial charge in [0.2, 0.25) is 0 Å². The Bertz CT molecular complexity index is 518. The molecule has 0 atom stereocenters. The van der Waals surface area contributed by atoms with Crippen molar-refractivity contribution in [3.8, 4) is 11.8 Å². The number of hydrogen-bond acceptors (Lipinski definition) is 4. The molecule has 20 heavy (non-hydrogen) atoms. The summed E-state index contributed by atoms with van der Waals surface area (Å²) in [5, 5.41) is 11.8. The molecule has 1 aromatic carbocycles. The van der Waals surface area contributed by atoms with Gasteiger partial charge in [0.1, 0.15) is 17.4 Å². The summed E-state index contributed by atoms with van der Waals surface area (Å²) in [6.07, 6.45) is 0.891. The number of methoxy groups -OCH3 is 1. The van der Waals surface area contributed by atoms with E-state index in [-0.39, 0.29) is 5.91 Å². The van der Waals surface area contributed by atoms with Gasteiger partial charge >= 0.3 is 0 Å². The number of anilines is 1. The number of nitrogens with one attached hydrogen (secondary N) is 1. The van der Waals surface area contributed by atoms with Gasteiger partial charge in [-0.1, -0.05) is 6.92 Å². The predicted octanol–water partition coefficient (Wildman–Crippen LogP) is 2.71. The van der Waals surface area contributed by atoms with E-state index in [0.29, 0.717) is 23.6 Å². The number of hydrogen-bond donors (Lipinski definition) is 1. The fraction of sp³-hybridized carbons (Fsp3) is 0.467. The van der Waals surface area contributed by atoms with Gasteiger partial charge in [0.25, 0.3) is 5.91 Å². The summed E-state index contributed by atoms with van der Waals surface area (Å²) in [4.78, 5) is 12.0. The summed E-state index contributed by atoms with van der Waals surface area (Å²) in [6, 6.07) is 7.06. The zero-order chi connectivity index (χ0) is 15.2. The fourth-order valence-electron chi connectivity index (χ4n) is 1.40. The second-order valence-corrected chi connectivity index (χ2v) is 4.84. The minimum Gasteiger partial charge on any atom is -0.494 e. The summed E-state index contributed by atoms with van der Waals surface area (Å²) in [5.41, 5.74) is -0.144. The van der Waals surface area contributed by atoms with E-state index in [1.807, 2.05) is 6.92 Å². The van der Waals surface area contributed by atoms with Crippen LogP contribution in [0.1, 0.15) is 32.8 Å². The van der Waals surface area contributed by atoms with Crippen molar-refractivity contribution in [2.45, 2.75) is 32.8 Å². The molecule has 0 heterocycles. The van der Waals surface area contributed by atoms with E-state index in [1.54, 1.807) is 32.0 Å². The molecule has 1 rings (SSSR count). The molecular weight excluding hydrogens is 256 g/mol. The highest BCUT2D eigenvalue weighted by atomic mass is 16.5. The van der Waals surface area contributed by atoms with Gasteiger partial charge in [-0.3, -0.25) is 4.79 Å². The summed E-state index contributed by atoms with van der Waals surface area (Å²) >= 11 is 0. The fourth-order valence-corrected chi connectivity index (χ4v) is 1.40. The number of nitrogens with zero attached hydrogens (tertiary/aromatic N) is 1. The van der Waals surface area contributed by atoms with Crippen LogP contribution in [0.15, 0.2) is 18.2 Å². The Labute approximate surface area is 119 Å². The number of rotatable bonds is 6. The zero-order valence-corrected chi connectivity index (χ0v) is 12.3. The topological polar surface area (TPSA) is 71.3 Å². The molecule has 0 aliphatic rings. The van der Waals surface area contributed by atoms with Crippen LogP contribution >= 0.6 is 0 Å². The van der Waals surface area contributed by atoms with Gasteiger partial charge in [-0.25, -0.2) is 0 Å². The molecule has 0 saturated carbocycles. The smallest absolute Gasteiger partial charge is 0.256 e. The van der Waals surface area contributed by atoms with E-state index in [9.17, 15) is 4.79 Å². The molecule has 0 spiro atoms. The first-order valence-corrected chi connectivity index (χ1v) is 6.48. The third-order valence-electron chi connectivity index (χ3n) is 2.89. The summed E-state index contributed by atoms with van der Waals surface area (Å²) < 4.78 is 10.6. The van der Waals surface area contributed by atoms with Crippen molar-refractivity contribution < 1.29 is 14.3 Å². The summed E-state index contributed by atoms with van der Waals surface area (Å²) in [7, 11) is 1.46. The van der Waals surface area contributed by atoms with Crippen molar-refractivity contribution in [3.63, 3.8) is 0 Å². The van der Waals surface area contributed by atoms with Crippen molar-refractivity contribution >= 4 is 11.6 Å². The molecule has 0 bridgehead atoms. The molecule has 0 aliphatic heterocycles. The van der Waals surface area contributed by atoms with Gasteiger partial charge in [-0.2, -0.15) is 5.26 Å². The molecule has 0 aromatic heterocycles. The van der Waals surface area contributed by atoms with E-state index < -0.39 is 5.60 Å². The van der Waals surface area contributed by atoms with Crippen molar-refractivity contribution in [1.82, 2.24) is 0 Å². The molecule has 5 nitrogen and oxygen atoms in total. The maximum absolute atomic E-state index is 12.0. The first kappa shape index (κ1) is 16.0. The molecule has 1 aromatic rings. The van der Waals surface area contributed by atoms with Crippen LogP contribution in [0.5, 0.6) is 5.75 Å². The first-order valence-electron chi connectivity index (χ1n) is 6.48. The lowest BCUT2D eigenvalue weighted by atomic mass is 10.1. The van der Waals surface area contributed by atoms with Crippen LogP contribution in [-0.2, 0) is 9.53 Å². The van der Waals surface area contributed by atoms with E-state index in [4.69, 9.17) is 14.7 Å². The maximum Gasteiger partial charge on any atom is 0.256 e. The van der Waals surface area contributed by atoms with Gasteiger partial charge in [0.15, 0.2) is 0 Å². The number of carbonyl (C=O) groups excluding carboxylic acids is 1. The number of nitriles is 1. The highest BCUT2D eigenvalue weighted by Gasteiger charge is 2.27. The standard InChI is InChI=1S/C15H20N2O3/c1-5-8-20-12-6-7-13(11(9-12)10-16)17-14(18)15(2,3)19-4/h6-7,9H,5,8H2,1-4H3,(H,17,18). The Hall–Kier alpha value is -2.06. The van der Waals surface area contributed by atoms with Gasteiger partial charge in [-0.15, -0.1) is 0 Å². The summed E-state index contributed by atoms with van der Waals surface area (Å²) in [6.45, 7) is 5.92. The van der Waals surface area contributed by atoms with Crippen molar-refractivity contribution in [2.24, 2.45) is 0 Å². The molecule has 0 aliphatic carbocycles. The van der Waals surface area contributed by atoms with E-state index >= 15 is 0 Å². The highest BCUT2D eigenvalue weighted by molar-refractivity contribution is 5.97. The molecule has 0 fully saturated rings. The van der Waals surface area contributed by atoms with E-state index in [2.05, 4.69) is 11.4 Å². The Morgan fingerprint density at radius 2 is 2.15 bits per heavy atom. The number of amides is 1. The van der Waals surface area contributed by atoms with Crippen LogP contribution in [-0.4, -0.2) is 25.2 Å². The van der Waals surface area contributed by atoms with Crippen molar-refractivity contribution in [1.29, 1.82) is 5.26 Å². The van der Waals surface area contributed by atoms with Crippen LogP contribution < -0.4 is 10.1 Å². The molecule has 0 saturated heterocycles. The van der Waals surface area contributed by atoms with Crippen LogP contribution in [0, 0.1) is 11.3 Å². The minimum absolute atomic E-state index is 0.307. The van der Waals surface area contributed by atoms with Gasteiger partial charge in [0.05, 0.1) is 17.9 Å². The SMILES string of the molecule is CCCOc1ccc(NC(=O)C(C)(C)OC)c(C#N)c1. The summed E-state index contributed by atoms with van der Waals surface area (Å²) in [5.74, 6) is 0.311. The lowest BCUT2D eigenvalue weighted by Gasteiger charge is -2.22. The lowest BCUT2D eigenvalue weighted by molar-refractivity contribution is -0.133. The molecule has 108 valence electrons. The maximum atomic E-state index is 12.0. The molecule has 1 N–H and O–H groups in total. The van der Waals surface area contributed by atoms with E-state index in [1.165, 1.54) is 7.11 Å². The van der Waals surface area contributed by atoms with Gasteiger partial charge in [0, 0.05) is 7.11 Å². The van der Waals surface area contributed by atoms with Crippen LogP contribution in [0.2, 0.25) is 0 Å². The Morgan fingerprint density at radius 3 is 2.70 bits per heavy atom. The van der Waals surface area contributed by atoms with Crippen LogP contribution in [0.25, 0.3) is 0 Å². The molecule has 0 unspecified atom stereocenters. The Balaban J connectivity index is 2.91. The molecule has 5 heteroatoms. The monoisotopic (exact) mass is 276 g/mol. The second kappa shape index (κ2) is 6.92. The normalized spacial score (nSPS) is 10.8. The van der Waals surface area contributed by atoms with Gasteiger partial charge in [-0.05, 0) is 38.5 Å². The van der Waals surface area contributed by atoms with Crippen molar-refractivity contribution in [3.05, 3.63) is 23.8 Å². The average molecular weight is 276 g/mol. The number of benzene rings is 1. The minimum atomic E-state index is -0.954.